The fraction of sp³-hybridized carbons (Fsp3) is 0. The standard InChI is InChI=1S/C19H12N3O5/c20-13-15(19(23)27-21-9-2-1-3-10-21)12-17-7-8-18(26-17)14-5-4-6-16(11-14)22(24)25/h1-12H/q+1. The number of aromatic nitrogens is 1. The van der Waals surface area contributed by atoms with Crippen molar-refractivity contribution < 1.29 is 23.7 Å². The van der Waals surface area contributed by atoms with Crippen LogP contribution in [-0.2, 0) is 4.79 Å². The van der Waals surface area contributed by atoms with E-state index < -0.39 is 10.9 Å². The Kier molecular flexibility index (Phi) is 5.05. The van der Waals surface area contributed by atoms with Crippen LogP contribution in [-0.4, -0.2) is 10.9 Å². The summed E-state index contributed by atoms with van der Waals surface area (Å²) < 4.78 is 6.74. The number of carbonyl (C=O) groups is 1. The number of nitrogens with zero attached hydrogens (tertiary/aromatic N) is 3. The lowest BCUT2D eigenvalue weighted by Gasteiger charge is -1.97. The van der Waals surface area contributed by atoms with Gasteiger partial charge in [0.1, 0.15) is 23.2 Å². The van der Waals surface area contributed by atoms with Gasteiger partial charge in [-0.3, -0.25) is 10.1 Å². The molecule has 132 valence electrons. The Balaban J connectivity index is 1.82. The molecule has 0 atom stereocenters. The Morgan fingerprint density at radius 1 is 1.19 bits per heavy atom. The number of non-ortho nitro benzene ring substituents is 1. The Labute approximate surface area is 153 Å². The Bertz CT molecular complexity index is 1060. The molecular weight excluding hydrogens is 350 g/mol. The molecule has 0 aliphatic carbocycles. The highest BCUT2D eigenvalue weighted by Crippen LogP contribution is 2.26. The molecule has 0 aliphatic rings. The summed E-state index contributed by atoms with van der Waals surface area (Å²) in [5, 5.41) is 20.1. The zero-order valence-corrected chi connectivity index (χ0v) is 13.8. The van der Waals surface area contributed by atoms with Crippen LogP contribution in [0.5, 0.6) is 0 Å². The van der Waals surface area contributed by atoms with E-state index in [0.717, 1.165) is 0 Å². The third-order valence-electron chi connectivity index (χ3n) is 3.47. The summed E-state index contributed by atoms with van der Waals surface area (Å²) in [6, 6.07) is 15.9. The molecule has 27 heavy (non-hydrogen) atoms. The predicted octanol–water partition coefficient (Wildman–Crippen LogP) is 2.70. The first-order valence-corrected chi connectivity index (χ1v) is 7.72. The minimum absolute atomic E-state index is 0.0674. The molecular formula is C19H12N3O5+. The summed E-state index contributed by atoms with van der Waals surface area (Å²) in [6.45, 7) is 0. The van der Waals surface area contributed by atoms with E-state index in [2.05, 4.69) is 0 Å². The summed E-state index contributed by atoms with van der Waals surface area (Å²) >= 11 is 0. The summed E-state index contributed by atoms with van der Waals surface area (Å²) in [6.07, 6.45) is 4.27. The molecule has 0 aliphatic heterocycles. The number of benzene rings is 1. The van der Waals surface area contributed by atoms with Gasteiger partial charge in [0.15, 0.2) is 0 Å². The maximum absolute atomic E-state index is 12.1. The van der Waals surface area contributed by atoms with E-state index in [-0.39, 0.29) is 17.0 Å². The lowest BCUT2D eigenvalue weighted by molar-refractivity contribution is -0.869. The molecule has 0 radical (unpaired) electrons. The maximum atomic E-state index is 12.1. The van der Waals surface area contributed by atoms with Gasteiger partial charge in [-0.15, -0.1) is 0 Å². The van der Waals surface area contributed by atoms with Crippen LogP contribution in [0.15, 0.2) is 77.0 Å². The molecule has 0 unspecified atom stereocenters. The number of hydrogen-bond acceptors (Lipinski definition) is 6. The van der Waals surface area contributed by atoms with E-state index in [4.69, 9.17) is 9.25 Å². The largest absolute Gasteiger partial charge is 0.457 e. The quantitative estimate of drug-likeness (QED) is 0.227. The molecule has 0 amide bonds. The third-order valence-corrected chi connectivity index (χ3v) is 3.47. The van der Waals surface area contributed by atoms with Gasteiger partial charge in [-0.1, -0.05) is 18.2 Å². The number of furan rings is 1. The van der Waals surface area contributed by atoms with E-state index in [1.807, 2.05) is 0 Å². The highest BCUT2D eigenvalue weighted by molar-refractivity contribution is 5.97. The van der Waals surface area contributed by atoms with Crippen molar-refractivity contribution in [1.29, 1.82) is 5.26 Å². The SMILES string of the molecule is N#CC(=Cc1ccc(-c2cccc([N+](=O)[O-])c2)o1)C(=O)O[n+]1ccccc1. The van der Waals surface area contributed by atoms with Crippen LogP contribution in [0.2, 0.25) is 0 Å². The Morgan fingerprint density at radius 2 is 1.96 bits per heavy atom. The number of rotatable bonds is 5. The van der Waals surface area contributed by atoms with Crippen LogP contribution in [0.3, 0.4) is 0 Å². The van der Waals surface area contributed by atoms with Crippen molar-refractivity contribution in [3.63, 3.8) is 0 Å². The van der Waals surface area contributed by atoms with Crippen molar-refractivity contribution in [2.45, 2.75) is 0 Å². The highest BCUT2D eigenvalue weighted by Gasteiger charge is 2.18. The van der Waals surface area contributed by atoms with Gasteiger partial charge in [-0.05, 0) is 12.1 Å². The molecule has 8 nitrogen and oxygen atoms in total. The number of pyridine rings is 1. The van der Waals surface area contributed by atoms with Crippen molar-refractivity contribution in [2.75, 3.05) is 0 Å². The van der Waals surface area contributed by atoms with Gasteiger partial charge in [0, 0.05) is 40.6 Å². The average Bonchev–Trinajstić information content (AvgIpc) is 3.15. The smallest absolute Gasteiger partial charge is 0.421 e. The first-order chi connectivity index (χ1) is 13.1. The second kappa shape index (κ2) is 7.76. The molecule has 8 heteroatoms. The lowest BCUT2D eigenvalue weighted by atomic mass is 10.1. The number of hydrogen-bond donors (Lipinski definition) is 0. The van der Waals surface area contributed by atoms with Crippen LogP contribution in [0.4, 0.5) is 5.69 Å². The molecule has 3 aromatic rings. The van der Waals surface area contributed by atoms with Crippen molar-refractivity contribution >= 4 is 17.7 Å². The zero-order chi connectivity index (χ0) is 19.2. The molecule has 0 saturated heterocycles. The highest BCUT2D eigenvalue weighted by atomic mass is 16.7. The second-order valence-electron chi connectivity index (χ2n) is 5.29. The first kappa shape index (κ1) is 17.6. The van der Waals surface area contributed by atoms with Gasteiger partial charge in [-0.25, -0.2) is 4.79 Å². The summed E-state index contributed by atoms with van der Waals surface area (Å²) in [4.78, 5) is 27.5. The van der Waals surface area contributed by atoms with Crippen LogP contribution in [0, 0.1) is 21.4 Å². The van der Waals surface area contributed by atoms with Crippen LogP contribution in [0.25, 0.3) is 17.4 Å². The summed E-state index contributed by atoms with van der Waals surface area (Å²) in [7, 11) is 0. The van der Waals surface area contributed by atoms with Gasteiger partial charge in [0.2, 0.25) is 12.4 Å². The van der Waals surface area contributed by atoms with Crippen molar-refractivity contribution in [3.05, 3.63) is 88.4 Å². The molecule has 0 spiro atoms. The van der Waals surface area contributed by atoms with Gasteiger partial charge in [0.05, 0.1) is 4.92 Å². The number of nitro groups is 1. The van der Waals surface area contributed by atoms with Gasteiger partial charge in [0.25, 0.3) is 5.69 Å². The van der Waals surface area contributed by atoms with Gasteiger partial charge < -0.3 is 4.42 Å². The molecule has 0 bridgehead atoms. The molecule has 1 aromatic carbocycles. The lowest BCUT2D eigenvalue weighted by Crippen LogP contribution is -2.45. The Hall–Kier alpha value is -4.25. The van der Waals surface area contributed by atoms with Crippen molar-refractivity contribution in [1.82, 2.24) is 0 Å². The van der Waals surface area contributed by atoms with Crippen molar-refractivity contribution in [3.8, 4) is 17.4 Å². The topological polar surface area (TPSA) is 110 Å². The fourth-order valence-corrected chi connectivity index (χ4v) is 2.23. The molecule has 0 N–H and O–H groups in total. The minimum atomic E-state index is -0.845. The first-order valence-electron chi connectivity index (χ1n) is 7.72. The van der Waals surface area contributed by atoms with Crippen molar-refractivity contribution in [2.24, 2.45) is 0 Å². The number of nitro benzene ring substituents is 1. The van der Waals surface area contributed by atoms with Crippen LogP contribution < -0.4 is 9.57 Å². The van der Waals surface area contributed by atoms with E-state index in [0.29, 0.717) is 11.3 Å². The molecule has 2 aromatic heterocycles. The number of carbonyl (C=O) groups excluding carboxylic acids is 1. The minimum Gasteiger partial charge on any atom is -0.457 e. The van der Waals surface area contributed by atoms with Crippen LogP contribution in [0.1, 0.15) is 5.76 Å². The van der Waals surface area contributed by atoms with E-state index in [1.54, 1.807) is 48.5 Å². The van der Waals surface area contributed by atoms with Gasteiger partial charge in [-0.2, -0.15) is 10.1 Å². The van der Waals surface area contributed by atoms with Gasteiger partial charge >= 0.3 is 5.97 Å². The average molecular weight is 362 g/mol. The fourth-order valence-electron chi connectivity index (χ4n) is 2.23. The Morgan fingerprint density at radius 3 is 2.67 bits per heavy atom. The van der Waals surface area contributed by atoms with Crippen LogP contribution >= 0.6 is 0 Å². The van der Waals surface area contributed by atoms with E-state index in [9.17, 15) is 20.2 Å². The van der Waals surface area contributed by atoms with E-state index >= 15 is 0 Å². The molecule has 2 heterocycles. The normalized spacial score (nSPS) is 10.9. The zero-order valence-electron chi connectivity index (χ0n) is 13.8. The molecule has 3 rings (SSSR count). The molecule has 0 saturated carbocycles. The van der Waals surface area contributed by atoms with E-state index in [1.165, 1.54) is 35.3 Å². The number of nitriles is 1. The second-order valence-corrected chi connectivity index (χ2v) is 5.29. The predicted molar refractivity (Wildman–Crippen MR) is 92.6 cm³/mol. The summed E-state index contributed by atoms with van der Waals surface area (Å²) in [5.74, 6) is -0.238. The summed E-state index contributed by atoms with van der Waals surface area (Å²) in [5.41, 5.74) is 0.179. The molecule has 0 fully saturated rings. The third kappa shape index (κ3) is 4.24. The monoisotopic (exact) mass is 362 g/mol. The maximum Gasteiger partial charge on any atom is 0.421 e.